The lowest BCUT2D eigenvalue weighted by atomic mass is 9.84. The van der Waals surface area contributed by atoms with Gasteiger partial charge in [-0.15, -0.1) is 11.3 Å². The molecule has 2 aromatic rings. The summed E-state index contributed by atoms with van der Waals surface area (Å²) in [5.41, 5.74) is -0.498. The van der Waals surface area contributed by atoms with Crippen LogP contribution in [-0.4, -0.2) is 47.3 Å². The number of amides is 4. The number of hydrogen-bond acceptors (Lipinski definition) is 5. The Morgan fingerprint density at radius 1 is 1.24 bits per heavy atom. The van der Waals surface area contributed by atoms with Crippen LogP contribution < -0.4 is 10.1 Å². The number of nitrogens with one attached hydrogen (secondary N) is 1. The van der Waals surface area contributed by atoms with E-state index in [1.54, 1.807) is 28.4 Å². The molecule has 2 fully saturated rings. The van der Waals surface area contributed by atoms with E-state index in [1.165, 1.54) is 0 Å². The molecule has 1 aromatic heterocycles. The Hall–Kier alpha value is -2.87. The smallest absolute Gasteiger partial charge is 0.325 e. The molecule has 2 unspecified atom stereocenters. The normalized spacial score (nSPS) is 25.9. The second-order valence-corrected chi connectivity index (χ2v) is 8.56. The molecule has 0 saturated carbocycles. The molecular formula is C21H21N3O4S. The highest BCUT2D eigenvalue weighted by molar-refractivity contribution is 7.10. The second kappa shape index (κ2) is 6.88. The molecule has 3 aliphatic heterocycles. The van der Waals surface area contributed by atoms with Gasteiger partial charge in [-0.05, 0) is 30.4 Å². The molecule has 7 nitrogen and oxygen atoms in total. The Kier molecular flexibility index (Phi) is 4.31. The first-order valence-corrected chi connectivity index (χ1v) is 10.7. The van der Waals surface area contributed by atoms with Crippen molar-refractivity contribution in [3.05, 3.63) is 52.2 Å². The summed E-state index contributed by atoms with van der Waals surface area (Å²) >= 11 is 1.63. The predicted molar refractivity (Wildman–Crippen MR) is 106 cm³/mol. The summed E-state index contributed by atoms with van der Waals surface area (Å²) in [7, 11) is 0. The Morgan fingerprint density at radius 3 is 2.93 bits per heavy atom. The number of likely N-dealkylation sites (tertiary alicyclic amines) is 1. The van der Waals surface area contributed by atoms with Crippen LogP contribution in [0.5, 0.6) is 5.75 Å². The zero-order valence-corrected chi connectivity index (χ0v) is 16.6. The van der Waals surface area contributed by atoms with E-state index in [1.807, 2.05) is 29.6 Å². The number of ether oxygens (including phenoxy) is 1. The number of hydrogen-bond donors (Lipinski definition) is 1. The standard InChI is InChI=1S/C21H21N3O4S/c25-18(23-10-3-6-15(23)17-8-4-12-29-17)13-24-19(26)21(22-20(24)27)9-11-28-16-7-2-1-5-14(16)21/h1-2,4-5,7-8,12,15H,3,6,9-11,13H2,(H,22,27). The molecule has 3 aliphatic rings. The quantitative estimate of drug-likeness (QED) is 0.788. The van der Waals surface area contributed by atoms with Crippen molar-refractivity contribution in [1.29, 1.82) is 0 Å². The molecule has 5 rings (SSSR count). The zero-order valence-electron chi connectivity index (χ0n) is 15.8. The first-order valence-electron chi connectivity index (χ1n) is 9.79. The van der Waals surface area contributed by atoms with Gasteiger partial charge in [-0.25, -0.2) is 4.79 Å². The second-order valence-electron chi connectivity index (χ2n) is 7.58. The van der Waals surface area contributed by atoms with Gasteiger partial charge in [0, 0.05) is 23.4 Å². The summed E-state index contributed by atoms with van der Waals surface area (Å²) in [5, 5.41) is 4.85. The zero-order chi connectivity index (χ0) is 20.0. The number of benzene rings is 1. The number of nitrogens with zero attached hydrogens (tertiary/aromatic N) is 2. The highest BCUT2D eigenvalue weighted by Gasteiger charge is 2.55. The van der Waals surface area contributed by atoms with Crippen LogP contribution in [0.3, 0.4) is 0 Å². The van der Waals surface area contributed by atoms with Crippen molar-refractivity contribution in [3.63, 3.8) is 0 Å². The summed E-state index contributed by atoms with van der Waals surface area (Å²) in [4.78, 5) is 43.1. The van der Waals surface area contributed by atoms with Gasteiger partial charge in [0.1, 0.15) is 12.3 Å². The number of fused-ring (bicyclic) bond motifs is 2. The summed E-state index contributed by atoms with van der Waals surface area (Å²) in [6, 6.07) is 10.8. The predicted octanol–water partition coefficient (Wildman–Crippen LogP) is 2.64. The topological polar surface area (TPSA) is 79.0 Å². The molecule has 4 amide bonds. The summed E-state index contributed by atoms with van der Waals surface area (Å²) in [6.07, 6.45) is 2.17. The van der Waals surface area contributed by atoms with Crippen LogP contribution in [0, 0.1) is 0 Å². The third-order valence-corrected chi connectivity index (χ3v) is 6.97. The molecule has 1 aromatic carbocycles. The SMILES string of the molecule is O=C1NC2(CCOc3ccccc32)C(=O)N1CC(=O)N1CCCC1c1cccs1. The van der Waals surface area contributed by atoms with Crippen LogP contribution in [0.4, 0.5) is 4.79 Å². The number of thiophene rings is 1. The Bertz CT molecular complexity index is 976. The maximum atomic E-state index is 13.3. The third kappa shape index (κ3) is 2.81. The van der Waals surface area contributed by atoms with E-state index >= 15 is 0 Å². The number of carbonyl (C=O) groups is 3. The van der Waals surface area contributed by atoms with E-state index in [-0.39, 0.29) is 24.4 Å². The van der Waals surface area contributed by atoms with Crippen molar-refractivity contribution in [2.75, 3.05) is 19.7 Å². The van der Waals surface area contributed by atoms with Gasteiger partial charge in [-0.2, -0.15) is 0 Å². The van der Waals surface area contributed by atoms with E-state index < -0.39 is 11.6 Å². The number of carbonyl (C=O) groups excluding carboxylic acids is 3. The first kappa shape index (κ1) is 18.2. The molecule has 8 heteroatoms. The molecule has 150 valence electrons. The van der Waals surface area contributed by atoms with Gasteiger partial charge in [0.15, 0.2) is 5.54 Å². The van der Waals surface area contributed by atoms with E-state index in [4.69, 9.17) is 4.74 Å². The van der Waals surface area contributed by atoms with Gasteiger partial charge >= 0.3 is 6.03 Å². The van der Waals surface area contributed by atoms with Gasteiger partial charge in [0.2, 0.25) is 5.91 Å². The number of rotatable bonds is 3. The van der Waals surface area contributed by atoms with Crippen molar-refractivity contribution < 1.29 is 19.1 Å². The lowest BCUT2D eigenvalue weighted by Crippen LogP contribution is -2.48. The summed E-state index contributed by atoms with van der Waals surface area (Å²) in [6.45, 7) is 0.738. The highest BCUT2D eigenvalue weighted by Crippen LogP contribution is 2.41. The molecule has 0 radical (unpaired) electrons. The van der Waals surface area contributed by atoms with Gasteiger partial charge in [0.25, 0.3) is 5.91 Å². The summed E-state index contributed by atoms with van der Waals surface area (Å²) < 4.78 is 5.65. The molecule has 0 aliphatic carbocycles. The monoisotopic (exact) mass is 411 g/mol. The molecule has 2 atom stereocenters. The Balaban J connectivity index is 1.38. The minimum atomic E-state index is -1.15. The maximum Gasteiger partial charge on any atom is 0.325 e. The molecular weight excluding hydrogens is 390 g/mol. The average molecular weight is 411 g/mol. The lowest BCUT2D eigenvalue weighted by Gasteiger charge is -2.33. The summed E-state index contributed by atoms with van der Waals surface area (Å²) in [5.74, 6) is 0.0261. The lowest BCUT2D eigenvalue weighted by molar-refractivity contribution is -0.140. The van der Waals surface area contributed by atoms with Crippen molar-refractivity contribution in [3.8, 4) is 5.75 Å². The number of para-hydroxylation sites is 1. The van der Waals surface area contributed by atoms with E-state index in [9.17, 15) is 14.4 Å². The van der Waals surface area contributed by atoms with Crippen molar-refractivity contribution in [2.24, 2.45) is 0 Å². The van der Waals surface area contributed by atoms with E-state index in [0.717, 1.165) is 22.6 Å². The van der Waals surface area contributed by atoms with Gasteiger partial charge < -0.3 is 15.0 Å². The average Bonchev–Trinajstić information content (AvgIpc) is 3.46. The van der Waals surface area contributed by atoms with Crippen LogP contribution in [-0.2, 0) is 15.1 Å². The number of urea groups is 1. The van der Waals surface area contributed by atoms with Gasteiger partial charge in [-0.1, -0.05) is 24.3 Å². The van der Waals surface area contributed by atoms with Crippen molar-refractivity contribution in [1.82, 2.24) is 15.1 Å². The fraction of sp³-hybridized carbons (Fsp3) is 0.381. The molecule has 29 heavy (non-hydrogen) atoms. The first-order chi connectivity index (χ1) is 14.1. The fourth-order valence-corrected chi connectivity index (χ4v) is 5.46. The van der Waals surface area contributed by atoms with Crippen molar-refractivity contribution in [2.45, 2.75) is 30.8 Å². The van der Waals surface area contributed by atoms with Crippen LogP contribution in [0.15, 0.2) is 41.8 Å². The molecule has 4 heterocycles. The molecule has 1 N–H and O–H groups in total. The van der Waals surface area contributed by atoms with Gasteiger partial charge in [-0.3, -0.25) is 14.5 Å². The van der Waals surface area contributed by atoms with E-state index in [2.05, 4.69) is 5.32 Å². The molecule has 0 bridgehead atoms. The van der Waals surface area contributed by atoms with Crippen LogP contribution in [0.1, 0.15) is 35.7 Å². The Labute approximate surface area is 172 Å². The minimum absolute atomic E-state index is 0.0287. The Morgan fingerprint density at radius 2 is 2.10 bits per heavy atom. The highest BCUT2D eigenvalue weighted by atomic mass is 32.1. The molecule has 2 saturated heterocycles. The van der Waals surface area contributed by atoms with Crippen molar-refractivity contribution >= 4 is 29.2 Å². The fourth-order valence-electron chi connectivity index (χ4n) is 4.58. The van der Waals surface area contributed by atoms with Crippen LogP contribution in [0.25, 0.3) is 0 Å². The van der Waals surface area contributed by atoms with Crippen LogP contribution in [0.2, 0.25) is 0 Å². The molecule has 1 spiro atoms. The largest absolute Gasteiger partial charge is 0.493 e. The third-order valence-electron chi connectivity index (χ3n) is 6.00. The van der Waals surface area contributed by atoms with E-state index in [0.29, 0.717) is 30.9 Å². The number of imide groups is 1. The van der Waals surface area contributed by atoms with Gasteiger partial charge in [0.05, 0.1) is 12.6 Å². The maximum absolute atomic E-state index is 13.3. The van der Waals surface area contributed by atoms with Crippen LogP contribution >= 0.6 is 11.3 Å². The minimum Gasteiger partial charge on any atom is -0.493 e.